The Morgan fingerprint density at radius 1 is 0.814 bits per heavy atom. The van der Waals surface area contributed by atoms with Gasteiger partial charge in [-0.3, -0.25) is 13.9 Å². The average Bonchev–Trinajstić information content (AvgIpc) is 3.55. The summed E-state index contributed by atoms with van der Waals surface area (Å²) in [6, 6.07) is 22.6. The third-order valence-corrected chi connectivity index (χ3v) is 8.86. The number of ether oxygens (including phenoxy) is 1. The SMILES string of the molecule is COC(=O)c1ccc(C(=O)/C(CC2CCCC2)=N/OS(=O)(=O)c2ccc(C)cc2)c2ccc(C(=O)c3ccccc3)cc12. The first-order valence-corrected chi connectivity index (χ1v) is 15.5. The van der Waals surface area contributed by atoms with Crippen LogP contribution in [0.3, 0.4) is 0 Å². The molecule has 220 valence electrons. The monoisotopic (exact) mass is 597 g/mol. The number of Topliss-reactive ketones (excluding diaryl/α,β-unsaturated/α-hetero) is 1. The van der Waals surface area contributed by atoms with Crippen molar-refractivity contribution < 1.29 is 31.8 Å². The number of rotatable bonds is 10. The van der Waals surface area contributed by atoms with Gasteiger partial charge in [-0.2, -0.15) is 8.42 Å². The normalized spacial score (nSPS) is 14.0. The lowest BCUT2D eigenvalue weighted by Crippen LogP contribution is -2.20. The van der Waals surface area contributed by atoms with Crippen LogP contribution in [0.2, 0.25) is 0 Å². The summed E-state index contributed by atoms with van der Waals surface area (Å²) in [5, 5.41) is 4.69. The highest BCUT2D eigenvalue weighted by atomic mass is 32.2. The lowest BCUT2D eigenvalue weighted by Gasteiger charge is -2.14. The zero-order valence-electron chi connectivity index (χ0n) is 23.9. The Hall–Kier alpha value is -4.63. The second-order valence-electron chi connectivity index (χ2n) is 10.7. The van der Waals surface area contributed by atoms with Crippen LogP contribution in [0.5, 0.6) is 0 Å². The summed E-state index contributed by atoms with van der Waals surface area (Å²) < 4.78 is 35.9. The lowest BCUT2D eigenvalue weighted by molar-refractivity contribution is 0.0602. The van der Waals surface area contributed by atoms with E-state index < -0.39 is 21.9 Å². The quantitative estimate of drug-likeness (QED) is 0.0865. The number of benzene rings is 4. The molecule has 0 aromatic heterocycles. The summed E-state index contributed by atoms with van der Waals surface area (Å²) in [6.45, 7) is 1.84. The molecule has 1 aliphatic carbocycles. The topological polar surface area (TPSA) is 116 Å². The molecule has 1 saturated carbocycles. The summed E-state index contributed by atoms with van der Waals surface area (Å²) in [6.07, 6.45) is 4.06. The molecule has 0 N–H and O–H groups in total. The Morgan fingerprint density at radius 2 is 1.49 bits per heavy atom. The molecule has 43 heavy (non-hydrogen) atoms. The highest BCUT2D eigenvalue weighted by molar-refractivity contribution is 7.86. The number of fused-ring (bicyclic) bond motifs is 1. The zero-order chi connectivity index (χ0) is 30.6. The van der Waals surface area contributed by atoms with Crippen LogP contribution in [0.25, 0.3) is 10.8 Å². The molecular weight excluding hydrogens is 566 g/mol. The summed E-state index contributed by atoms with van der Waals surface area (Å²) in [5.41, 5.74) is 2.06. The molecular formula is C34H31NO7S. The lowest BCUT2D eigenvalue weighted by atomic mass is 9.90. The van der Waals surface area contributed by atoms with Gasteiger partial charge in [-0.25, -0.2) is 4.79 Å². The van der Waals surface area contributed by atoms with E-state index in [1.165, 1.54) is 31.4 Å². The molecule has 1 aliphatic rings. The number of carbonyl (C=O) groups excluding carboxylic acids is 3. The Labute approximate surface area is 250 Å². The number of esters is 1. The fraction of sp³-hybridized carbons (Fsp3) is 0.235. The van der Waals surface area contributed by atoms with Gasteiger partial charge in [0.2, 0.25) is 5.78 Å². The van der Waals surface area contributed by atoms with Gasteiger partial charge in [-0.05, 0) is 60.4 Å². The number of carbonyl (C=O) groups is 3. The Bertz CT molecular complexity index is 1820. The first-order chi connectivity index (χ1) is 20.7. The summed E-state index contributed by atoms with van der Waals surface area (Å²) in [4.78, 5) is 39.9. The first kappa shape index (κ1) is 29.8. The van der Waals surface area contributed by atoms with E-state index in [0.29, 0.717) is 21.9 Å². The molecule has 0 heterocycles. The molecule has 0 amide bonds. The van der Waals surface area contributed by atoms with Crippen LogP contribution in [-0.2, 0) is 19.1 Å². The van der Waals surface area contributed by atoms with Gasteiger partial charge in [0.1, 0.15) is 10.6 Å². The van der Waals surface area contributed by atoms with Gasteiger partial charge >= 0.3 is 16.1 Å². The number of ketones is 2. The van der Waals surface area contributed by atoms with E-state index in [2.05, 4.69) is 5.16 Å². The van der Waals surface area contributed by atoms with Gasteiger partial charge < -0.3 is 4.74 Å². The molecule has 1 fully saturated rings. The molecule has 9 heteroatoms. The first-order valence-electron chi connectivity index (χ1n) is 14.0. The summed E-state index contributed by atoms with van der Waals surface area (Å²) in [7, 11) is -3.01. The smallest absolute Gasteiger partial charge is 0.358 e. The van der Waals surface area contributed by atoms with Crippen molar-refractivity contribution >= 4 is 44.1 Å². The molecule has 0 spiro atoms. The van der Waals surface area contributed by atoms with E-state index >= 15 is 0 Å². The molecule has 8 nitrogen and oxygen atoms in total. The fourth-order valence-corrected chi connectivity index (χ4v) is 6.13. The highest BCUT2D eigenvalue weighted by Gasteiger charge is 2.27. The second kappa shape index (κ2) is 12.7. The average molecular weight is 598 g/mol. The van der Waals surface area contributed by atoms with Crippen molar-refractivity contribution in [3.05, 3.63) is 113 Å². The number of oxime groups is 1. The third-order valence-electron chi connectivity index (χ3n) is 7.74. The molecule has 4 aromatic rings. The predicted octanol–water partition coefficient (Wildman–Crippen LogP) is 6.69. The van der Waals surface area contributed by atoms with Gasteiger partial charge in [-0.1, -0.05) is 91.0 Å². The van der Waals surface area contributed by atoms with E-state index in [1.54, 1.807) is 54.6 Å². The van der Waals surface area contributed by atoms with E-state index in [4.69, 9.17) is 9.02 Å². The van der Waals surface area contributed by atoms with Gasteiger partial charge in [0.25, 0.3) is 0 Å². The minimum atomic E-state index is -4.27. The van der Waals surface area contributed by atoms with Crippen LogP contribution >= 0.6 is 0 Å². The molecule has 0 saturated heterocycles. The van der Waals surface area contributed by atoms with Crippen molar-refractivity contribution in [3.63, 3.8) is 0 Å². The molecule has 0 unspecified atom stereocenters. The van der Waals surface area contributed by atoms with Crippen molar-refractivity contribution in [2.24, 2.45) is 11.1 Å². The van der Waals surface area contributed by atoms with Crippen LogP contribution in [0.15, 0.2) is 95.0 Å². The molecule has 0 bridgehead atoms. The molecule has 4 aromatic carbocycles. The van der Waals surface area contributed by atoms with E-state index in [0.717, 1.165) is 31.2 Å². The fourth-order valence-electron chi connectivity index (χ4n) is 5.39. The maximum absolute atomic E-state index is 14.0. The van der Waals surface area contributed by atoms with Gasteiger partial charge in [0, 0.05) is 16.7 Å². The largest absolute Gasteiger partial charge is 0.465 e. The molecule has 0 radical (unpaired) electrons. The van der Waals surface area contributed by atoms with Crippen LogP contribution in [0.1, 0.15) is 74.3 Å². The summed E-state index contributed by atoms with van der Waals surface area (Å²) >= 11 is 0. The van der Waals surface area contributed by atoms with E-state index in [9.17, 15) is 22.8 Å². The van der Waals surface area contributed by atoms with Crippen LogP contribution < -0.4 is 0 Å². The maximum Gasteiger partial charge on any atom is 0.358 e. The van der Waals surface area contributed by atoms with Crippen molar-refractivity contribution in [1.29, 1.82) is 0 Å². The Balaban J connectivity index is 1.57. The number of hydrogen-bond donors (Lipinski definition) is 0. The third kappa shape index (κ3) is 6.57. The standard InChI is InChI=1S/C34H31NO7S/c1-22-12-15-26(16-13-22)43(39,40)42-35-31(20-23-8-6-7-9-23)33(37)28-18-19-29(34(38)41-2)30-21-25(14-17-27(28)30)32(36)24-10-4-3-5-11-24/h3-5,10-19,21,23H,6-9,20H2,1-2H3/b35-31+. The number of methoxy groups -OCH3 is 1. The van der Waals surface area contributed by atoms with Crippen molar-refractivity contribution in [2.75, 3.05) is 7.11 Å². The minimum Gasteiger partial charge on any atom is -0.465 e. The number of nitrogens with zero attached hydrogens (tertiary/aromatic N) is 1. The van der Waals surface area contributed by atoms with Gasteiger partial charge in [-0.15, -0.1) is 0 Å². The second-order valence-corrected chi connectivity index (χ2v) is 12.2. The number of hydrogen-bond acceptors (Lipinski definition) is 8. The highest BCUT2D eigenvalue weighted by Crippen LogP contribution is 2.31. The van der Waals surface area contributed by atoms with Crippen LogP contribution in [0.4, 0.5) is 0 Å². The molecule has 5 rings (SSSR count). The van der Waals surface area contributed by atoms with Crippen LogP contribution in [0, 0.1) is 12.8 Å². The Morgan fingerprint density at radius 3 is 2.16 bits per heavy atom. The van der Waals surface area contributed by atoms with Gasteiger partial charge in [0.15, 0.2) is 5.78 Å². The zero-order valence-corrected chi connectivity index (χ0v) is 24.7. The van der Waals surface area contributed by atoms with Gasteiger partial charge in [0.05, 0.1) is 12.7 Å². The Kier molecular flexibility index (Phi) is 8.82. The van der Waals surface area contributed by atoms with E-state index in [-0.39, 0.29) is 39.9 Å². The van der Waals surface area contributed by atoms with E-state index in [1.807, 2.05) is 13.0 Å². The molecule has 0 atom stereocenters. The molecule has 0 aliphatic heterocycles. The minimum absolute atomic E-state index is 0.0286. The number of aryl methyl sites for hydroxylation is 1. The van der Waals surface area contributed by atoms with Crippen molar-refractivity contribution in [3.8, 4) is 0 Å². The maximum atomic E-state index is 14.0. The van der Waals surface area contributed by atoms with Crippen molar-refractivity contribution in [2.45, 2.75) is 43.9 Å². The van der Waals surface area contributed by atoms with Crippen LogP contribution in [-0.4, -0.2) is 38.8 Å². The van der Waals surface area contributed by atoms with Crippen molar-refractivity contribution in [1.82, 2.24) is 0 Å². The predicted molar refractivity (Wildman–Crippen MR) is 163 cm³/mol. The summed E-state index contributed by atoms with van der Waals surface area (Å²) in [5.74, 6) is -1.23.